The van der Waals surface area contributed by atoms with Gasteiger partial charge in [0.25, 0.3) is 5.91 Å². The van der Waals surface area contributed by atoms with Crippen LogP contribution < -0.4 is 0 Å². The summed E-state index contributed by atoms with van der Waals surface area (Å²) in [6.45, 7) is 7.74. The van der Waals surface area contributed by atoms with Crippen molar-refractivity contribution in [2.75, 3.05) is 65.6 Å². The highest BCUT2D eigenvalue weighted by Gasteiger charge is 2.39. The Bertz CT molecular complexity index is 1160. The first kappa shape index (κ1) is 26.2. The lowest BCUT2D eigenvalue weighted by atomic mass is 10.0. The Labute approximate surface area is 225 Å². The molecule has 3 saturated heterocycles. The first-order valence-electron chi connectivity index (χ1n) is 13.9. The zero-order valence-electron chi connectivity index (χ0n) is 21.9. The maximum absolute atomic E-state index is 13.7. The largest absolute Gasteiger partial charge is 0.393 e. The summed E-state index contributed by atoms with van der Waals surface area (Å²) in [7, 11) is -3.08. The second kappa shape index (κ2) is 10.9. The molecule has 4 aliphatic heterocycles. The molecule has 1 aromatic heterocycles. The highest BCUT2D eigenvalue weighted by molar-refractivity contribution is 8.23. The quantitative estimate of drug-likeness (QED) is 0.526. The number of rotatable bonds is 5. The van der Waals surface area contributed by atoms with Crippen molar-refractivity contribution in [3.05, 3.63) is 35.5 Å². The molecule has 5 heterocycles. The minimum absolute atomic E-state index is 0.0159. The van der Waals surface area contributed by atoms with Crippen molar-refractivity contribution in [3.8, 4) is 11.3 Å². The van der Waals surface area contributed by atoms with Crippen LogP contribution in [0.4, 0.5) is 0 Å². The second-order valence-electron chi connectivity index (χ2n) is 11.0. The SMILES string of the molecule is O=C(c1nn(C2CCCN(CCN3CCC(O)CC3)C2)c2c1CS(O)(O)c1ccccc1-2)N1CCOCC1. The zero-order chi connectivity index (χ0) is 26.3. The van der Waals surface area contributed by atoms with Crippen molar-refractivity contribution in [2.45, 2.75) is 48.5 Å². The van der Waals surface area contributed by atoms with E-state index in [1.165, 1.54) is 0 Å². The van der Waals surface area contributed by atoms with Crippen molar-refractivity contribution < 1.29 is 23.7 Å². The topological polar surface area (TPSA) is 115 Å². The molecular weight excluding hydrogens is 506 g/mol. The first-order valence-corrected chi connectivity index (χ1v) is 15.6. The maximum atomic E-state index is 13.7. The lowest BCUT2D eigenvalue weighted by Crippen LogP contribution is -2.44. The van der Waals surface area contributed by atoms with Gasteiger partial charge in [0.15, 0.2) is 5.69 Å². The molecule has 6 rings (SSSR count). The van der Waals surface area contributed by atoms with Crippen molar-refractivity contribution >= 4 is 16.5 Å². The Balaban J connectivity index is 1.30. The minimum Gasteiger partial charge on any atom is -0.393 e. The van der Waals surface area contributed by atoms with Gasteiger partial charge in [-0.25, -0.2) is 0 Å². The first-order chi connectivity index (χ1) is 18.4. The molecule has 11 heteroatoms. The fraction of sp³-hybridized carbons (Fsp3) is 0.630. The zero-order valence-corrected chi connectivity index (χ0v) is 22.7. The number of hydrogen-bond acceptors (Lipinski definition) is 8. The third-order valence-electron chi connectivity index (χ3n) is 8.47. The summed E-state index contributed by atoms with van der Waals surface area (Å²) in [5.74, 6) is -0.139. The van der Waals surface area contributed by atoms with Crippen LogP contribution in [0.15, 0.2) is 29.2 Å². The lowest BCUT2D eigenvalue weighted by Gasteiger charge is -2.39. The number of morpholine rings is 1. The summed E-state index contributed by atoms with van der Waals surface area (Å²) >= 11 is 0. The van der Waals surface area contributed by atoms with Gasteiger partial charge in [-0.1, -0.05) is 18.2 Å². The van der Waals surface area contributed by atoms with E-state index in [0.29, 0.717) is 42.5 Å². The Morgan fingerprint density at radius 2 is 1.74 bits per heavy atom. The number of fused-ring (bicyclic) bond motifs is 3. The number of carbonyl (C=O) groups is 1. The number of nitrogens with zero attached hydrogens (tertiary/aromatic N) is 5. The summed E-state index contributed by atoms with van der Waals surface area (Å²) in [6.07, 6.45) is 3.54. The maximum Gasteiger partial charge on any atom is 0.274 e. The van der Waals surface area contributed by atoms with Crippen molar-refractivity contribution in [2.24, 2.45) is 0 Å². The van der Waals surface area contributed by atoms with Gasteiger partial charge >= 0.3 is 0 Å². The molecule has 3 N–H and O–H groups in total. The van der Waals surface area contributed by atoms with E-state index in [2.05, 4.69) is 9.80 Å². The van der Waals surface area contributed by atoms with Gasteiger partial charge in [-0.15, -0.1) is 0 Å². The number of aliphatic hydroxyl groups is 1. The summed E-state index contributed by atoms with van der Waals surface area (Å²) in [6, 6.07) is 7.55. The molecular formula is C27H39N5O5S. The molecule has 38 heavy (non-hydrogen) atoms. The molecule has 1 atom stereocenters. The van der Waals surface area contributed by atoms with Gasteiger partial charge in [0.05, 0.1) is 41.7 Å². The molecule has 0 radical (unpaired) electrons. The molecule has 0 bridgehead atoms. The number of piperidine rings is 2. The fourth-order valence-corrected chi connectivity index (χ4v) is 7.97. The van der Waals surface area contributed by atoms with Crippen molar-refractivity contribution in [1.82, 2.24) is 24.5 Å². The molecule has 3 fully saturated rings. The third-order valence-corrected chi connectivity index (χ3v) is 10.2. The predicted octanol–water partition coefficient (Wildman–Crippen LogP) is 2.74. The summed E-state index contributed by atoms with van der Waals surface area (Å²) in [5.41, 5.74) is 2.64. The van der Waals surface area contributed by atoms with Crippen LogP contribution >= 0.6 is 10.6 Å². The van der Waals surface area contributed by atoms with E-state index in [1.807, 2.05) is 22.9 Å². The van der Waals surface area contributed by atoms with Crippen molar-refractivity contribution in [1.29, 1.82) is 0 Å². The number of ether oxygens (including phenoxy) is 1. The standard InChI is InChI=1S/C27H39N5O5S/c33-21-7-10-29(11-8-21)12-13-30-9-3-4-20(18-30)32-26-22-5-1-2-6-24(22)38(35,36)19-23(26)25(28-32)27(34)31-14-16-37-17-15-31/h1-2,5-6,20-21,33,35-36H,3-4,7-19H2. The Kier molecular flexibility index (Phi) is 7.51. The molecule has 0 spiro atoms. The number of hydrogen-bond donors (Lipinski definition) is 3. The van der Waals surface area contributed by atoms with E-state index < -0.39 is 10.6 Å². The van der Waals surface area contributed by atoms with Crippen LogP contribution in [0.3, 0.4) is 0 Å². The molecule has 208 valence electrons. The molecule has 2 aromatic rings. The average Bonchev–Trinajstić information content (AvgIpc) is 3.32. The Morgan fingerprint density at radius 1 is 1.00 bits per heavy atom. The van der Waals surface area contributed by atoms with Crippen molar-refractivity contribution in [3.63, 3.8) is 0 Å². The smallest absolute Gasteiger partial charge is 0.274 e. The predicted molar refractivity (Wildman–Crippen MR) is 146 cm³/mol. The van der Waals surface area contributed by atoms with Crippen LogP contribution in [0.25, 0.3) is 11.3 Å². The van der Waals surface area contributed by atoms with E-state index >= 15 is 0 Å². The molecule has 0 aliphatic carbocycles. The number of aliphatic hydroxyl groups excluding tert-OH is 1. The van der Waals surface area contributed by atoms with Crippen LogP contribution in [-0.4, -0.2) is 116 Å². The highest BCUT2D eigenvalue weighted by atomic mass is 32.3. The van der Waals surface area contributed by atoms with Gasteiger partial charge < -0.3 is 19.6 Å². The summed E-state index contributed by atoms with van der Waals surface area (Å²) < 4.78 is 29.7. The van der Waals surface area contributed by atoms with Crippen LogP contribution in [0.1, 0.15) is 47.8 Å². The molecule has 1 unspecified atom stereocenters. The molecule has 4 aliphatic rings. The van der Waals surface area contributed by atoms with E-state index in [4.69, 9.17) is 9.84 Å². The molecule has 1 aromatic carbocycles. The number of carbonyl (C=O) groups excluding carboxylic acids is 1. The monoisotopic (exact) mass is 545 g/mol. The number of likely N-dealkylation sites (tertiary alicyclic amines) is 2. The number of aromatic nitrogens is 2. The van der Waals surface area contributed by atoms with E-state index in [9.17, 15) is 19.0 Å². The second-order valence-corrected chi connectivity index (χ2v) is 13.1. The van der Waals surface area contributed by atoms with Crippen LogP contribution in [0.2, 0.25) is 0 Å². The van der Waals surface area contributed by atoms with Crippen LogP contribution in [0.5, 0.6) is 0 Å². The Hall–Kier alpha value is -1.99. The summed E-state index contributed by atoms with van der Waals surface area (Å²) in [4.78, 5) is 20.9. The number of amides is 1. The van der Waals surface area contributed by atoms with Gasteiger partial charge in [0, 0.05) is 56.9 Å². The highest BCUT2D eigenvalue weighted by Crippen LogP contribution is 2.60. The fourth-order valence-electron chi connectivity index (χ4n) is 6.33. The third kappa shape index (κ3) is 5.13. The molecule has 10 nitrogen and oxygen atoms in total. The normalized spacial score (nSPS) is 25.6. The van der Waals surface area contributed by atoms with Gasteiger partial charge in [-0.3, -0.25) is 23.5 Å². The van der Waals surface area contributed by atoms with Crippen LogP contribution in [0, 0.1) is 0 Å². The van der Waals surface area contributed by atoms with E-state index in [0.717, 1.165) is 76.2 Å². The lowest BCUT2D eigenvalue weighted by molar-refractivity contribution is 0.0297. The van der Waals surface area contributed by atoms with Crippen LogP contribution in [-0.2, 0) is 10.5 Å². The number of benzene rings is 1. The van der Waals surface area contributed by atoms with Gasteiger partial charge in [-0.2, -0.15) is 15.7 Å². The average molecular weight is 546 g/mol. The van der Waals surface area contributed by atoms with E-state index in [1.54, 1.807) is 11.0 Å². The van der Waals surface area contributed by atoms with Gasteiger partial charge in [-0.05, 0) is 38.3 Å². The van der Waals surface area contributed by atoms with Gasteiger partial charge in [0.2, 0.25) is 0 Å². The molecule has 0 saturated carbocycles. The molecule has 1 amide bonds. The minimum atomic E-state index is -3.08. The Morgan fingerprint density at radius 3 is 2.53 bits per heavy atom. The van der Waals surface area contributed by atoms with E-state index in [-0.39, 0.29) is 23.8 Å². The van der Waals surface area contributed by atoms with Gasteiger partial charge in [0.1, 0.15) is 0 Å². The summed E-state index contributed by atoms with van der Waals surface area (Å²) in [5, 5.41) is 14.8.